The Morgan fingerprint density at radius 1 is 0.914 bits per heavy atom. The molecular formula is C33H52O2. The molecule has 1 heterocycles. The number of rotatable bonds is 6. The second-order valence-electron chi connectivity index (χ2n) is 13.8. The van der Waals surface area contributed by atoms with Gasteiger partial charge in [0.05, 0.1) is 18.8 Å². The summed E-state index contributed by atoms with van der Waals surface area (Å²) in [6.45, 7) is 16.5. The molecule has 1 saturated heterocycles. The molecule has 2 heteroatoms. The number of hydrogen-bond acceptors (Lipinski definition) is 2. The molecule has 1 aliphatic heterocycles. The van der Waals surface area contributed by atoms with Crippen LogP contribution < -0.4 is 0 Å². The fourth-order valence-corrected chi connectivity index (χ4v) is 8.79. The van der Waals surface area contributed by atoms with E-state index in [4.69, 9.17) is 9.47 Å². The average molecular weight is 481 g/mol. The molecular weight excluding hydrogens is 428 g/mol. The van der Waals surface area contributed by atoms with Crippen molar-refractivity contribution in [3.8, 4) is 0 Å². The topological polar surface area (TPSA) is 18.5 Å². The van der Waals surface area contributed by atoms with Crippen molar-refractivity contribution in [2.45, 2.75) is 112 Å². The van der Waals surface area contributed by atoms with E-state index in [1.165, 1.54) is 44.9 Å². The molecule has 0 radical (unpaired) electrons. The number of ether oxygens (including phenoxy) is 2. The van der Waals surface area contributed by atoms with E-state index in [0.717, 1.165) is 49.7 Å². The first kappa shape index (κ1) is 25.8. The first-order valence-corrected chi connectivity index (χ1v) is 15.0. The Morgan fingerprint density at radius 3 is 2.49 bits per heavy atom. The van der Waals surface area contributed by atoms with E-state index in [1.807, 2.05) is 5.57 Å². The van der Waals surface area contributed by atoms with Crippen LogP contribution in [0.4, 0.5) is 0 Å². The van der Waals surface area contributed by atoms with E-state index in [-0.39, 0.29) is 0 Å². The Labute approximate surface area is 216 Å². The summed E-state index contributed by atoms with van der Waals surface area (Å²) in [4.78, 5) is 0. The van der Waals surface area contributed by atoms with Gasteiger partial charge in [-0.05, 0) is 104 Å². The Bertz CT molecular complexity index is 845. The lowest BCUT2D eigenvalue weighted by molar-refractivity contribution is -0.0960. The molecule has 0 aromatic rings. The molecule has 1 unspecified atom stereocenters. The highest BCUT2D eigenvalue weighted by atomic mass is 16.5. The van der Waals surface area contributed by atoms with Gasteiger partial charge in [0.1, 0.15) is 0 Å². The third-order valence-electron chi connectivity index (χ3n) is 11.5. The minimum Gasteiger partial charge on any atom is -0.379 e. The Balaban J connectivity index is 1.30. The van der Waals surface area contributed by atoms with Crippen LogP contribution in [0.3, 0.4) is 0 Å². The Morgan fingerprint density at radius 2 is 1.74 bits per heavy atom. The van der Waals surface area contributed by atoms with Crippen molar-refractivity contribution in [1.29, 1.82) is 0 Å². The number of hydrogen-bond donors (Lipinski definition) is 0. The van der Waals surface area contributed by atoms with Gasteiger partial charge in [-0.3, -0.25) is 0 Å². The molecule has 5 rings (SSSR count). The maximum atomic E-state index is 6.55. The molecule has 35 heavy (non-hydrogen) atoms. The summed E-state index contributed by atoms with van der Waals surface area (Å²) >= 11 is 0. The van der Waals surface area contributed by atoms with E-state index in [2.05, 4.69) is 65.8 Å². The van der Waals surface area contributed by atoms with Gasteiger partial charge in [-0.1, -0.05) is 77.0 Å². The lowest BCUT2D eigenvalue weighted by atomic mass is 9.50. The van der Waals surface area contributed by atoms with E-state index in [1.54, 1.807) is 5.57 Å². The zero-order valence-corrected chi connectivity index (χ0v) is 23.5. The maximum Gasteiger partial charge on any atom is 0.0813 e. The van der Waals surface area contributed by atoms with Gasteiger partial charge in [-0.15, -0.1) is 0 Å². The number of allylic oxidation sites excluding steroid dienone is 5. The Kier molecular flexibility index (Phi) is 7.46. The van der Waals surface area contributed by atoms with Crippen molar-refractivity contribution in [1.82, 2.24) is 0 Å². The third-order valence-corrected chi connectivity index (χ3v) is 11.5. The maximum absolute atomic E-state index is 6.55. The number of fused-ring (bicyclic) bond motifs is 5. The SMILES string of the molecule is CC(C)[C@@H](C)C=C[C@@H](C)[C@H]1CC[C@H]2C3=CC=C4C[C@@H](OC5CCCOC5)CC[C@]4(C)[C@H]3CC[C@]12C. The lowest BCUT2D eigenvalue weighted by Crippen LogP contribution is -2.47. The van der Waals surface area contributed by atoms with Gasteiger partial charge < -0.3 is 9.47 Å². The van der Waals surface area contributed by atoms with Crippen LogP contribution in [-0.4, -0.2) is 25.4 Å². The van der Waals surface area contributed by atoms with Crippen molar-refractivity contribution < 1.29 is 9.47 Å². The standard InChI is InChI=1S/C33H52O2/c1-22(2)23(3)9-10-24(4)29-13-14-30-28-12-11-25-20-26(35-27-8-7-19-34-21-27)15-17-32(25,5)31(28)16-18-33(29,30)6/h9-12,22-24,26-27,29-31H,7-8,13-21H2,1-6H3/t23-,24+,26-,27?,29+,30-,31-,32-,33+/m0/s1. The summed E-state index contributed by atoms with van der Waals surface area (Å²) in [7, 11) is 0. The minimum atomic E-state index is 0.318. The van der Waals surface area contributed by atoms with Crippen molar-refractivity contribution in [2.75, 3.05) is 13.2 Å². The summed E-state index contributed by atoms with van der Waals surface area (Å²) < 4.78 is 12.2. The third kappa shape index (κ3) is 4.76. The largest absolute Gasteiger partial charge is 0.379 e. The predicted octanol–water partition coefficient (Wildman–Crippen LogP) is 8.53. The fourth-order valence-electron chi connectivity index (χ4n) is 8.79. The summed E-state index contributed by atoms with van der Waals surface area (Å²) in [6, 6.07) is 0. The molecule has 2 nitrogen and oxygen atoms in total. The zero-order chi connectivity index (χ0) is 24.8. The molecule has 5 aliphatic rings. The predicted molar refractivity (Wildman–Crippen MR) is 146 cm³/mol. The first-order chi connectivity index (χ1) is 16.7. The molecule has 0 amide bonds. The van der Waals surface area contributed by atoms with Gasteiger partial charge in [0, 0.05) is 6.61 Å². The van der Waals surface area contributed by atoms with Gasteiger partial charge >= 0.3 is 0 Å². The van der Waals surface area contributed by atoms with Crippen LogP contribution in [-0.2, 0) is 9.47 Å². The summed E-state index contributed by atoms with van der Waals surface area (Å²) in [6.07, 6.45) is 22.5. The van der Waals surface area contributed by atoms with Crippen molar-refractivity contribution in [3.05, 3.63) is 35.5 Å². The highest BCUT2D eigenvalue weighted by Gasteiger charge is 2.56. The van der Waals surface area contributed by atoms with Crippen LogP contribution in [0.5, 0.6) is 0 Å². The van der Waals surface area contributed by atoms with Crippen LogP contribution in [0.2, 0.25) is 0 Å². The quantitative estimate of drug-likeness (QED) is 0.355. The van der Waals surface area contributed by atoms with Crippen LogP contribution in [0.15, 0.2) is 35.5 Å². The molecule has 196 valence electrons. The van der Waals surface area contributed by atoms with E-state index in [9.17, 15) is 0 Å². The molecule has 0 bridgehead atoms. The van der Waals surface area contributed by atoms with Crippen molar-refractivity contribution >= 4 is 0 Å². The average Bonchev–Trinajstić information content (AvgIpc) is 3.20. The van der Waals surface area contributed by atoms with Crippen LogP contribution in [0.25, 0.3) is 0 Å². The molecule has 3 saturated carbocycles. The van der Waals surface area contributed by atoms with E-state index in [0.29, 0.717) is 34.9 Å². The molecule has 0 spiro atoms. The molecule has 0 aromatic carbocycles. The highest BCUT2D eigenvalue weighted by Crippen LogP contribution is 2.66. The molecule has 0 N–H and O–H groups in total. The van der Waals surface area contributed by atoms with E-state index >= 15 is 0 Å². The highest BCUT2D eigenvalue weighted by molar-refractivity contribution is 5.39. The molecule has 4 aliphatic carbocycles. The normalized spacial score (nSPS) is 43.2. The van der Waals surface area contributed by atoms with Crippen LogP contribution in [0, 0.1) is 46.3 Å². The smallest absolute Gasteiger partial charge is 0.0813 e. The van der Waals surface area contributed by atoms with Crippen molar-refractivity contribution in [2.24, 2.45) is 46.3 Å². The monoisotopic (exact) mass is 480 g/mol. The molecule has 4 fully saturated rings. The van der Waals surface area contributed by atoms with Crippen molar-refractivity contribution in [3.63, 3.8) is 0 Å². The Hall–Kier alpha value is -0.860. The summed E-state index contributed by atoms with van der Waals surface area (Å²) in [5.41, 5.74) is 4.32. The van der Waals surface area contributed by atoms with Gasteiger partial charge in [-0.25, -0.2) is 0 Å². The second-order valence-corrected chi connectivity index (χ2v) is 13.8. The van der Waals surface area contributed by atoms with Gasteiger partial charge in [0.15, 0.2) is 0 Å². The fraction of sp³-hybridized carbons (Fsp3) is 0.818. The van der Waals surface area contributed by atoms with Crippen LogP contribution >= 0.6 is 0 Å². The first-order valence-electron chi connectivity index (χ1n) is 15.0. The van der Waals surface area contributed by atoms with E-state index < -0.39 is 0 Å². The summed E-state index contributed by atoms with van der Waals surface area (Å²) in [5.74, 6) is 4.45. The second kappa shape index (κ2) is 10.1. The minimum absolute atomic E-state index is 0.318. The van der Waals surface area contributed by atoms with Gasteiger partial charge in [-0.2, -0.15) is 0 Å². The molecule has 0 aromatic heterocycles. The van der Waals surface area contributed by atoms with Crippen LogP contribution in [0.1, 0.15) is 99.3 Å². The zero-order valence-electron chi connectivity index (χ0n) is 23.5. The van der Waals surface area contributed by atoms with Gasteiger partial charge in [0.25, 0.3) is 0 Å². The lowest BCUT2D eigenvalue weighted by Gasteiger charge is -2.55. The van der Waals surface area contributed by atoms with Gasteiger partial charge in [0.2, 0.25) is 0 Å². The summed E-state index contributed by atoms with van der Waals surface area (Å²) in [5, 5.41) is 0. The molecule has 9 atom stereocenters.